The maximum Gasteiger partial charge on any atom is 0.203 e. The summed E-state index contributed by atoms with van der Waals surface area (Å²) in [5.74, 6) is 2.34. The Bertz CT molecular complexity index is 402. The summed E-state index contributed by atoms with van der Waals surface area (Å²) < 4.78 is 17.0. The van der Waals surface area contributed by atoms with Crippen LogP contribution in [0.1, 0.15) is 12.8 Å². The van der Waals surface area contributed by atoms with Crippen LogP contribution in [-0.2, 0) is 0 Å². The molecule has 0 radical (unpaired) electrons. The number of para-hydroxylation sites is 1. The Kier molecular flexibility index (Phi) is 3.55. The van der Waals surface area contributed by atoms with Gasteiger partial charge in [0.05, 0.1) is 0 Å². The highest BCUT2D eigenvalue weighted by Gasteiger charge is 2.17. The topological polar surface area (TPSA) is 30.9 Å². The summed E-state index contributed by atoms with van der Waals surface area (Å²) in [6.07, 6.45) is 2.63. The molecule has 2 aliphatic rings. The zero-order valence-electron chi connectivity index (χ0n) is 10.6. The van der Waals surface area contributed by atoms with Gasteiger partial charge in [0.2, 0.25) is 5.75 Å². The monoisotopic (exact) mass is 249 g/mol. The van der Waals surface area contributed by atoms with Crippen molar-refractivity contribution in [2.45, 2.75) is 12.8 Å². The first-order valence-electron chi connectivity index (χ1n) is 6.67. The molecule has 0 amide bonds. The van der Waals surface area contributed by atoms with Gasteiger partial charge in [-0.3, -0.25) is 4.90 Å². The summed E-state index contributed by atoms with van der Waals surface area (Å²) in [5, 5.41) is 0. The predicted molar refractivity (Wildman–Crippen MR) is 68.6 cm³/mol. The van der Waals surface area contributed by atoms with Gasteiger partial charge in [0.1, 0.15) is 19.8 Å². The Morgan fingerprint density at radius 1 is 1.11 bits per heavy atom. The minimum Gasteiger partial charge on any atom is -0.488 e. The van der Waals surface area contributed by atoms with Gasteiger partial charge in [0.15, 0.2) is 11.5 Å². The van der Waals surface area contributed by atoms with Crippen molar-refractivity contribution in [2.75, 3.05) is 39.5 Å². The molecule has 4 heteroatoms. The van der Waals surface area contributed by atoms with Gasteiger partial charge in [0.25, 0.3) is 0 Å². The van der Waals surface area contributed by atoms with Crippen LogP contribution in [0.25, 0.3) is 0 Å². The number of nitrogens with zero attached hydrogens (tertiary/aromatic N) is 1. The van der Waals surface area contributed by atoms with Gasteiger partial charge < -0.3 is 14.2 Å². The summed E-state index contributed by atoms with van der Waals surface area (Å²) >= 11 is 0. The normalized spacial score (nSPS) is 18.9. The predicted octanol–water partition coefficient (Wildman–Crippen LogP) is 1.93. The number of rotatable bonds is 4. The second-order valence-corrected chi connectivity index (χ2v) is 4.68. The van der Waals surface area contributed by atoms with Crippen LogP contribution in [0.3, 0.4) is 0 Å². The van der Waals surface area contributed by atoms with E-state index in [1.165, 1.54) is 25.9 Å². The van der Waals surface area contributed by atoms with E-state index in [0.717, 1.165) is 23.8 Å². The fraction of sp³-hybridized carbons (Fsp3) is 0.571. The molecular formula is C14H19NO3. The molecule has 0 saturated carbocycles. The smallest absolute Gasteiger partial charge is 0.203 e. The van der Waals surface area contributed by atoms with Gasteiger partial charge in [-0.2, -0.15) is 0 Å². The summed E-state index contributed by atoms with van der Waals surface area (Å²) in [4.78, 5) is 2.44. The van der Waals surface area contributed by atoms with E-state index in [1.54, 1.807) is 0 Å². The molecule has 0 aliphatic carbocycles. The number of fused-ring (bicyclic) bond motifs is 1. The van der Waals surface area contributed by atoms with Crippen LogP contribution in [0.15, 0.2) is 18.2 Å². The van der Waals surface area contributed by atoms with Crippen molar-refractivity contribution < 1.29 is 14.2 Å². The van der Waals surface area contributed by atoms with Gasteiger partial charge in [-0.05, 0) is 38.1 Å². The summed E-state index contributed by atoms with van der Waals surface area (Å²) in [6.45, 7) is 5.32. The van der Waals surface area contributed by atoms with Crippen LogP contribution < -0.4 is 14.2 Å². The molecule has 0 aromatic heterocycles. The molecule has 1 aromatic carbocycles. The molecule has 2 aliphatic heterocycles. The molecule has 0 bridgehead atoms. The first-order chi connectivity index (χ1) is 8.93. The van der Waals surface area contributed by atoms with E-state index in [0.29, 0.717) is 19.8 Å². The Labute approximate surface area is 107 Å². The largest absolute Gasteiger partial charge is 0.488 e. The van der Waals surface area contributed by atoms with Crippen molar-refractivity contribution in [2.24, 2.45) is 0 Å². The standard InChI is InChI=1S/C14H19NO3/c1-2-7-15(6-1)8-9-16-12-4-3-5-13-14(12)18-11-10-17-13/h3-5H,1-2,6-11H2. The summed E-state index contributed by atoms with van der Waals surface area (Å²) in [7, 11) is 0. The van der Waals surface area contributed by atoms with Crippen molar-refractivity contribution in [1.82, 2.24) is 4.90 Å². The first-order valence-corrected chi connectivity index (χ1v) is 6.67. The fourth-order valence-corrected chi connectivity index (χ4v) is 2.45. The minimum atomic E-state index is 0.597. The second kappa shape index (κ2) is 5.48. The lowest BCUT2D eigenvalue weighted by atomic mass is 10.3. The van der Waals surface area contributed by atoms with Crippen molar-refractivity contribution in [1.29, 1.82) is 0 Å². The molecule has 18 heavy (non-hydrogen) atoms. The average molecular weight is 249 g/mol. The SMILES string of the molecule is c1cc2c(c(OCCN3CCCC3)c1)OCCO2. The first kappa shape index (κ1) is 11.7. The maximum atomic E-state index is 5.82. The molecule has 2 heterocycles. The molecule has 1 fully saturated rings. The van der Waals surface area contributed by atoms with Crippen molar-refractivity contribution >= 4 is 0 Å². The number of hydrogen-bond acceptors (Lipinski definition) is 4. The van der Waals surface area contributed by atoms with Gasteiger partial charge in [-0.15, -0.1) is 0 Å². The highest BCUT2D eigenvalue weighted by Crippen LogP contribution is 2.38. The third-order valence-electron chi connectivity index (χ3n) is 3.39. The van der Waals surface area contributed by atoms with E-state index in [4.69, 9.17) is 14.2 Å². The lowest BCUT2D eigenvalue weighted by Crippen LogP contribution is -2.25. The van der Waals surface area contributed by atoms with E-state index in [9.17, 15) is 0 Å². The van der Waals surface area contributed by atoms with E-state index in [2.05, 4.69) is 4.90 Å². The number of hydrogen-bond donors (Lipinski definition) is 0. The highest BCUT2D eigenvalue weighted by molar-refractivity contribution is 5.51. The van der Waals surface area contributed by atoms with Crippen LogP contribution in [0, 0.1) is 0 Å². The molecule has 0 N–H and O–H groups in total. The van der Waals surface area contributed by atoms with Gasteiger partial charge in [-0.25, -0.2) is 0 Å². The molecule has 0 unspecified atom stereocenters. The molecule has 0 atom stereocenters. The molecule has 4 nitrogen and oxygen atoms in total. The quantitative estimate of drug-likeness (QED) is 0.816. The van der Waals surface area contributed by atoms with Crippen LogP contribution in [0.5, 0.6) is 17.2 Å². The molecule has 1 saturated heterocycles. The zero-order valence-corrected chi connectivity index (χ0v) is 10.6. The Morgan fingerprint density at radius 2 is 1.94 bits per heavy atom. The lowest BCUT2D eigenvalue weighted by molar-refractivity contribution is 0.159. The van der Waals surface area contributed by atoms with Crippen LogP contribution in [-0.4, -0.2) is 44.4 Å². The van der Waals surface area contributed by atoms with E-state index in [-0.39, 0.29) is 0 Å². The number of likely N-dealkylation sites (tertiary alicyclic amines) is 1. The third-order valence-corrected chi connectivity index (χ3v) is 3.39. The Balaban J connectivity index is 1.58. The van der Waals surface area contributed by atoms with Crippen molar-refractivity contribution in [3.05, 3.63) is 18.2 Å². The third kappa shape index (κ3) is 2.53. The number of ether oxygens (including phenoxy) is 3. The maximum absolute atomic E-state index is 5.82. The zero-order chi connectivity index (χ0) is 12.2. The van der Waals surface area contributed by atoms with Gasteiger partial charge in [-0.1, -0.05) is 6.07 Å². The summed E-state index contributed by atoms with van der Waals surface area (Å²) in [5.41, 5.74) is 0. The van der Waals surface area contributed by atoms with Crippen LogP contribution in [0.2, 0.25) is 0 Å². The molecule has 1 aromatic rings. The Hall–Kier alpha value is -1.42. The van der Waals surface area contributed by atoms with E-state index < -0.39 is 0 Å². The highest BCUT2D eigenvalue weighted by atomic mass is 16.6. The van der Waals surface area contributed by atoms with Gasteiger partial charge in [0, 0.05) is 6.54 Å². The molecule has 98 valence electrons. The Morgan fingerprint density at radius 3 is 2.83 bits per heavy atom. The second-order valence-electron chi connectivity index (χ2n) is 4.68. The lowest BCUT2D eigenvalue weighted by Gasteiger charge is -2.21. The van der Waals surface area contributed by atoms with E-state index in [1.807, 2.05) is 18.2 Å². The van der Waals surface area contributed by atoms with Gasteiger partial charge >= 0.3 is 0 Å². The molecule has 0 spiro atoms. The van der Waals surface area contributed by atoms with Crippen LogP contribution in [0.4, 0.5) is 0 Å². The minimum absolute atomic E-state index is 0.597. The average Bonchev–Trinajstić information content (AvgIpc) is 2.92. The summed E-state index contributed by atoms with van der Waals surface area (Å²) in [6, 6.07) is 5.80. The van der Waals surface area contributed by atoms with Crippen molar-refractivity contribution in [3.63, 3.8) is 0 Å². The van der Waals surface area contributed by atoms with Crippen LogP contribution >= 0.6 is 0 Å². The van der Waals surface area contributed by atoms with Crippen molar-refractivity contribution in [3.8, 4) is 17.2 Å². The fourth-order valence-electron chi connectivity index (χ4n) is 2.45. The molecular weight excluding hydrogens is 230 g/mol. The number of benzene rings is 1. The van der Waals surface area contributed by atoms with E-state index >= 15 is 0 Å². The molecule has 3 rings (SSSR count).